The Morgan fingerprint density at radius 1 is 1.53 bits per heavy atom. The fourth-order valence-electron chi connectivity index (χ4n) is 2.63. The van der Waals surface area contributed by atoms with E-state index < -0.39 is 0 Å². The van der Waals surface area contributed by atoms with Gasteiger partial charge in [-0.15, -0.1) is 0 Å². The van der Waals surface area contributed by atoms with Crippen molar-refractivity contribution in [2.45, 2.75) is 33.2 Å². The molecular weight excluding hydrogens is 216 g/mol. The molecule has 5 nitrogen and oxygen atoms in total. The number of amides is 1. The Hall–Kier alpha value is -0.650. The van der Waals surface area contributed by atoms with E-state index >= 15 is 0 Å². The number of likely N-dealkylation sites (N-methyl/N-ethyl adjacent to an activating group) is 1. The van der Waals surface area contributed by atoms with Crippen LogP contribution in [0.15, 0.2) is 0 Å². The Balaban J connectivity index is 2.37. The average molecular weight is 242 g/mol. The van der Waals surface area contributed by atoms with E-state index in [-0.39, 0.29) is 11.8 Å². The molecule has 0 radical (unpaired) electrons. The number of likely N-dealkylation sites (tertiary alicyclic amines) is 1. The summed E-state index contributed by atoms with van der Waals surface area (Å²) in [6.45, 7) is 11.5. The molecule has 17 heavy (non-hydrogen) atoms. The molecule has 5 heteroatoms. The van der Waals surface area contributed by atoms with Crippen LogP contribution < -0.4 is 11.3 Å². The van der Waals surface area contributed by atoms with E-state index in [9.17, 15) is 4.79 Å². The van der Waals surface area contributed by atoms with E-state index in [1.807, 2.05) is 6.92 Å². The molecule has 1 rings (SSSR count). The van der Waals surface area contributed by atoms with Crippen molar-refractivity contribution in [3.8, 4) is 0 Å². The van der Waals surface area contributed by atoms with Crippen LogP contribution in [0.5, 0.6) is 0 Å². The topological polar surface area (TPSA) is 61.6 Å². The molecule has 0 bridgehead atoms. The van der Waals surface area contributed by atoms with Crippen LogP contribution in [0.4, 0.5) is 0 Å². The first-order valence-corrected chi connectivity index (χ1v) is 6.59. The van der Waals surface area contributed by atoms with E-state index in [1.165, 1.54) is 6.42 Å². The first kappa shape index (κ1) is 14.4. The highest BCUT2D eigenvalue weighted by Crippen LogP contribution is 2.16. The summed E-state index contributed by atoms with van der Waals surface area (Å²) in [5.74, 6) is 5.03. The van der Waals surface area contributed by atoms with E-state index in [1.54, 1.807) is 0 Å². The molecule has 3 N–H and O–H groups in total. The van der Waals surface area contributed by atoms with Crippen molar-refractivity contribution < 1.29 is 4.79 Å². The summed E-state index contributed by atoms with van der Waals surface area (Å²) < 4.78 is 0. The second-order valence-electron chi connectivity index (χ2n) is 4.83. The predicted molar refractivity (Wildman–Crippen MR) is 69.3 cm³/mol. The molecule has 2 atom stereocenters. The highest BCUT2D eigenvalue weighted by atomic mass is 16.2. The quantitative estimate of drug-likeness (QED) is 0.392. The van der Waals surface area contributed by atoms with Crippen molar-refractivity contribution >= 4 is 5.91 Å². The van der Waals surface area contributed by atoms with Crippen LogP contribution in [0, 0.1) is 5.92 Å². The molecule has 1 saturated heterocycles. The molecule has 1 heterocycles. The minimum Gasteiger partial charge on any atom is -0.301 e. The minimum absolute atomic E-state index is 0.0320. The monoisotopic (exact) mass is 242 g/mol. The summed E-state index contributed by atoms with van der Waals surface area (Å²) in [6, 6.07) is 0.651. The number of carbonyl (C=O) groups is 1. The number of nitrogens with zero attached hydrogens (tertiary/aromatic N) is 2. The van der Waals surface area contributed by atoms with Gasteiger partial charge in [-0.05, 0) is 26.1 Å². The molecule has 1 aliphatic rings. The molecule has 1 aliphatic heterocycles. The van der Waals surface area contributed by atoms with Gasteiger partial charge in [-0.3, -0.25) is 15.1 Å². The zero-order chi connectivity index (χ0) is 12.8. The predicted octanol–water partition coefficient (Wildman–Crippen LogP) is 0.0285. The van der Waals surface area contributed by atoms with Gasteiger partial charge in [-0.25, -0.2) is 5.84 Å². The highest BCUT2D eigenvalue weighted by Gasteiger charge is 2.27. The number of rotatable bonds is 6. The molecular formula is C12H26N4O. The van der Waals surface area contributed by atoms with Crippen LogP contribution >= 0.6 is 0 Å². The smallest absolute Gasteiger partial charge is 0.237 e. The maximum atomic E-state index is 11.4. The van der Waals surface area contributed by atoms with Gasteiger partial charge in [0, 0.05) is 25.0 Å². The lowest BCUT2D eigenvalue weighted by Crippen LogP contribution is -2.41. The van der Waals surface area contributed by atoms with Crippen molar-refractivity contribution in [1.82, 2.24) is 15.2 Å². The highest BCUT2D eigenvalue weighted by molar-refractivity contribution is 5.77. The van der Waals surface area contributed by atoms with Crippen LogP contribution in [-0.4, -0.2) is 54.5 Å². The van der Waals surface area contributed by atoms with Crippen molar-refractivity contribution in [2.24, 2.45) is 11.8 Å². The van der Waals surface area contributed by atoms with E-state index in [0.717, 1.165) is 32.7 Å². The van der Waals surface area contributed by atoms with Crippen LogP contribution in [0.1, 0.15) is 27.2 Å². The van der Waals surface area contributed by atoms with E-state index in [0.29, 0.717) is 6.04 Å². The van der Waals surface area contributed by atoms with Crippen molar-refractivity contribution in [2.75, 3.05) is 32.7 Å². The zero-order valence-corrected chi connectivity index (χ0v) is 11.3. The molecule has 0 spiro atoms. The molecule has 0 aromatic carbocycles. The second kappa shape index (κ2) is 6.93. The molecule has 100 valence electrons. The number of hydrazine groups is 1. The summed E-state index contributed by atoms with van der Waals surface area (Å²) in [5.41, 5.74) is 2.22. The van der Waals surface area contributed by atoms with Gasteiger partial charge in [-0.2, -0.15) is 0 Å². The Labute approximate surface area is 104 Å². The third-order valence-electron chi connectivity index (χ3n) is 3.70. The molecule has 0 aromatic heterocycles. The molecule has 0 aliphatic carbocycles. The molecule has 1 amide bonds. The number of nitrogens with one attached hydrogen (secondary N) is 1. The van der Waals surface area contributed by atoms with Crippen molar-refractivity contribution in [1.29, 1.82) is 0 Å². The van der Waals surface area contributed by atoms with Crippen LogP contribution in [0.25, 0.3) is 0 Å². The Kier molecular flexibility index (Phi) is 5.88. The Bertz CT molecular complexity index is 243. The Morgan fingerprint density at radius 2 is 2.18 bits per heavy atom. The maximum Gasteiger partial charge on any atom is 0.237 e. The van der Waals surface area contributed by atoms with Crippen molar-refractivity contribution in [3.05, 3.63) is 0 Å². The third kappa shape index (κ3) is 3.94. The molecule has 0 aromatic rings. The summed E-state index contributed by atoms with van der Waals surface area (Å²) in [6.07, 6.45) is 1.21. The zero-order valence-electron chi connectivity index (χ0n) is 11.3. The fourth-order valence-corrected chi connectivity index (χ4v) is 2.63. The van der Waals surface area contributed by atoms with Crippen LogP contribution in [0.3, 0.4) is 0 Å². The van der Waals surface area contributed by atoms with Gasteiger partial charge in [0.1, 0.15) is 0 Å². The van der Waals surface area contributed by atoms with Gasteiger partial charge < -0.3 is 4.90 Å². The van der Waals surface area contributed by atoms with Gasteiger partial charge in [0.2, 0.25) is 5.91 Å². The van der Waals surface area contributed by atoms with E-state index in [4.69, 9.17) is 5.84 Å². The summed E-state index contributed by atoms with van der Waals surface area (Å²) >= 11 is 0. The molecule has 0 saturated carbocycles. The lowest BCUT2D eigenvalue weighted by atomic mass is 10.1. The van der Waals surface area contributed by atoms with E-state index in [2.05, 4.69) is 29.1 Å². The summed E-state index contributed by atoms with van der Waals surface area (Å²) in [7, 11) is 0. The largest absolute Gasteiger partial charge is 0.301 e. The van der Waals surface area contributed by atoms with Crippen LogP contribution in [-0.2, 0) is 4.79 Å². The standard InChI is InChI=1S/C12H26N4O/c1-4-16(5-2)11-6-7-15(9-11)8-10(3)12(17)14-13/h10-11H,4-9,13H2,1-3H3,(H,14,17). The number of nitrogens with two attached hydrogens (primary N) is 1. The first-order valence-electron chi connectivity index (χ1n) is 6.59. The second-order valence-corrected chi connectivity index (χ2v) is 4.83. The molecule has 1 fully saturated rings. The van der Waals surface area contributed by atoms with Gasteiger partial charge in [0.05, 0.1) is 0 Å². The number of hydrogen-bond acceptors (Lipinski definition) is 4. The molecule has 2 unspecified atom stereocenters. The normalized spacial score (nSPS) is 23.0. The number of carbonyl (C=O) groups excluding carboxylic acids is 1. The van der Waals surface area contributed by atoms with Gasteiger partial charge >= 0.3 is 0 Å². The summed E-state index contributed by atoms with van der Waals surface area (Å²) in [5, 5.41) is 0. The van der Waals surface area contributed by atoms with Gasteiger partial charge in [-0.1, -0.05) is 20.8 Å². The minimum atomic E-state index is -0.0729. The van der Waals surface area contributed by atoms with Gasteiger partial charge in [0.25, 0.3) is 0 Å². The Morgan fingerprint density at radius 3 is 2.71 bits per heavy atom. The first-order chi connectivity index (χ1) is 8.12. The lowest BCUT2D eigenvalue weighted by Gasteiger charge is -2.26. The number of hydrogen-bond donors (Lipinski definition) is 2. The average Bonchev–Trinajstić information content (AvgIpc) is 2.78. The van der Waals surface area contributed by atoms with Crippen molar-refractivity contribution in [3.63, 3.8) is 0 Å². The summed E-state index contributed by atoms with van der Waals surface area (Å²) in [4.78, 5) is 16.2. The SMILES string of the molecule is CCN(CC)C1CCN(CC(C)C(=O)NN)C1. The van der Waals surface area contributed by atoms with Gasteiger partial charge in [0.15, 0.2) is 0 Å². The maximum absolute atomic E-state index is 11.4. The van der Waals surface area contributed by atoms with Crippen LogP contribution in [0.2, 0.25) is 0 Å². The fraction of sp³-hybridized carbons (Fsp3) is 0.917. The lowest BCUT2D eigenvalue weighted by molar-refractivity contribution is -0.125. The third-order valence-corrected chi connectivity index (χ3v) is 3.70.